The molecule has 0 spiro atoms. The predicted octanol–water partition coefficient (Wildman–Crippen LogP) is 2.97. The Balaban J connectivity index is 1.47. The molecule has 0 unspecified atom stereocenters. The standard InChI is InChI=1S/C22H23N3O4S/c1-14-18-21(24-16-10-6-3-7-11-25(16)22(18)28)30-19(14)20(27)23-12-17(26)29-13-15-8-4-2-5-9-15/h2,4-5,8-9H,3,6-7,10-13H2,1H3,(H,23,27). The number of esters is 1. The van der Waals surface area contributed by atoms with E-state index in [4.69, 9.17) is 4.74 Å². The van der Waals surface area contributed by atoms with Crippen molar-refractivity contribution < 1.29 is 14.3 Å². The van der Waals surface area contributed by atoms with Gasteiger partial charge in [-0.3, -0.25) is 19.0 Å². The highest BCUT2D eigenvalue weighted by molar-refractivity contribution is 7.20. The number of carbonyl (C=O) groups is 2. The minimum Gasteiger partial charge on any atom is -0.460 e. The van der Waals surface area contributed by atoms with Gasteiger partial charge in [0.1, 0.15) is 23.8 Å². The van der Waals surface area contributed by atoms with E-state index in [9.17, 15) is 14.4 Å². The molecule has 0 bridgehead atoms. The molecule has 0 atom stereocenters. The van der Waals surface area contributed by atoms with E-state index >= 15 is 0 Å². The zero-order valence-corrected chi connectivity index (χ0v) is 17.6. The summed E-state index contributed by atoms with van der Waals surface area (Å²) in [5.74, 6) is -0.120. The minimum atomic E-state index is -0.518. The number of rotatable bonds is 5. The molecule has 4 rings (SSSR count). The quantitative estimate of drug-likeness (QED) is 0.635. The molecule has 2 aromatic heterocycles. The van der Waals surface area contributed by atoms with Crippen LogP contribution in [-0.4, -0.2) is 28.0 Å². The number of amides is 1. The number of thiophene rings is 1. The second-order valence-electron chi connectivity index (χ2n) is 7.36. The number of nitrogens with one attached hydrogen (secondary N) is 1. The van der Waals surface area contributed by atoms with E-state index in [1.807, 2.05) is 30.3 Å². The van der Waals surface area contributed by atoms with Gasteiger partial charge in [-0.05, 0) is 30.9 Å². The van der Waals surface area contributed by atoms with Crippen molar-refractivity contribution in [2.75, 3.05) is 6.54 Å². The number of benzene rings is 1. The lowest BCUT2D eigenvalue weighted by Crippen LogP contribution is -2.30. The van der Waals surface area contributed by atoms with Crippen LogP contribution < -0.4 is 10.9 Å². The summed E-state index contributed by atoms with van der Waals surface area (Å²) in [7, 11) is 0. The Morgan fingerprint density at radius 1 is 1.20 bits per heavy atom. The maximum atomic E-state index is 13.0. The summed E-state index contributed by atoms with van der Waals surface area (Å²) in [5, 5.41) is 3.10. The van der Waals surface area contributed by atoms with E-state index in [1.54, 1.807) is 11.5 Å². The third-order valence-electron chi connectivity index (χ3n) is 5.25. The summed E-state index contributed by atoms with van der Waals surface area (Å²) in [6, 6.07) is 9.34. The van der Waals surface area contributed by atoms with E-state index in [1.165, 1.54) is 11.3 Å². The molecule has 1 amide bonds. The number of nitrogens with zero attached hydrogens (tertiary/aromatic N) is 2. The average molecular weight is 426 g/mol. The van der Waals surface area contributed by atoms with Gasteiger partial charge >= 0.3 is 5.97 Å². The fourth-order valence-corrected chi connectivity index (χ4v) is 4.76. The Morgan fingerprint density at radius 3 is 2.80 bits per heavy atom. The molecule has 1 aromatic carbocycles. The first-order valence-electron chi connectivity index (χ1n) is 10.0. The molecular weight excluding hydrogens is 402 g/mol. The van der Waals surface area contributed by atoms with Crippen LogP contribution in [0.4, 0.5) is 0 Å². The molecule has 3 aromatic rings. The third kappa shape index (κ3) is 4.14. The van der Waals surface area contributed by atoms with Crippen LogP contribution in [0, 0.1) is 6.92 Å². The fraction of sp³-hybridized carbons (Fsp3) is 0.364. The highest BCUT2D eigenvalue weighted by Gasteiger charge is 2.22. The molecule has 30 heavy (non-hydrogen) atoms. The number of ether oxygens (including phenoxy) is 1. The van der Waals surface area contributed by atoms with Crippen molar-refractivity contribution >= 4 is 33.4 Å². The normalized spacial score (nSPS) is 13.5. The van der Waals surface area contributed by atoms with Gasteiger partial charge in [-0.2, -0.15) is 0 Å². The van der Waals surface area contributed by atoms with Crippen LogP contribution in [0.3, 0.4) is 0 Å². The molecule has 0 radical (unpaired) electrons. The lowest BCUT2D eigenvalue weighted by Gasteiger charge is -2.08. The van der Waals surface area contributed by atoms with E-state index < -0.39 is 11.9 Å². The molecule has 156 valence electrons. The number of aryl methyl sites for hydroxylation is 2. The first-order valence-corrected chi connectivity index (χ1v) is 10.9. The van der Waals surface area contributed by atoms with Crippen LogP contribution in [0.1, 0.15) is 45.9 Å². The van der Waals surface area contributed by atoms with Gasteiger partial charge in [0.15, 0.2) is 0 Å². The maximum absolute atomic E-state index is 13.0. The van der Waals surface area contributed by atoms with E-state index in [0.717, 1.165) is 37.1 Å². The van der Waals surface area contributed by atoms with Gasteiger partial charge in [-0.15, -0.1) is 11.3 Å². The Kier molecular flexibility index (Phi) is 5.94. The number of fused-ring (bicyclic) bond motifs is 2. The zero-order chi connectivity index (χ0) is 21.1. The molecule has 1 aliphatic heterocycles. The molecule has 0 saturated heterocycles. The van der Waals surface area contributed by atoms with E-state index in [2.05, 4.69) is 10.3 Å². The van der Waals surface area contributed by atoms with E-state index in [0.29, 0.717) is 27.2 Å². The fourth-order valence-electron chi connectivity index (χ4n) is 3.65. The summed E-state index contributed by atoms with van der Waals surface area (Å²) < 4.78 is 6.93. The Hall–Kier alpha value is -3.00. The smallest absolute Gasteiger partial charge is 0.325 e. The third-order valence-corrected chi connectivity index (χ3v) is 6.44. The second kappa shape index (κ2) is 8.79. The summed E-state index contributed by atoms with van der Waals surface area (Å²) in [6.07, 6.45) is 3.84. The monoisotopic (exact) mass is 425 g/mol. The molecule has 1 aliphatic rings. The molecule has 3 heterocycles. The Morgan fingerprint density at radius 2 is 2.00 bits per heavy atom. The Bertz CT molecular complexity index is 1150. The summed E-state index contributed by atoms with van der Waals surface area (Å²) in [6.45, 7) is 2.35. The largest absolute Gasteiger partial charge is 0.460 e. The van der Waals surface area contributed by atoms with Crippen molar-refractivity contribution in [3.8, 4) is 0 Å². The lowest BCUT2D eigenvalue weighted by atomic mass is 10.2. The van der Waals surface area contributed by atoms with Crippen LogP contribution in [0.25, 0.3) is 10.2 Å². The van der Waals surface area contributed by atoms with Crippen molar-refractivity contribution in [3.05, 3.63) is 62.5 Å². The van der Waals surface area contributed by atoms with Gasteiger partial charge in [0.2, 0.25) is 0 Å². The van der Waals surface area contributed by atoms with Gasteiger partial charge < -0.3 is 10.1 Å². The summed E-state index contributed by atoms with van der Waals surface area (Å²) in [4.78, 5) is 43.3. The average Bonchev–Trinajstić information content (AvgIpc) is 2.92. The van der Waals surface area contributed by atoms with E-state index in [-0.39, 0.29) is 18.7 Å². The number of hydrogen-bond acceptors (Lipinski definition) is 6. The topological polar surface area (TPSA) is 90.3 Å². The molecule has 8 heteroatoms. The first kappa shape index (κ1) is 20.3. The van der Waals surface area contributed by atoms with Gasteiger partial charge in [0.25, 0.3) is 11.5 Å². The molecule has 1 N–H and O–H groups in total. The van der Waals surface area contributed by atoms with Gasteiger partial charge in [0, 0.05) is 13.0 Å². The molecule has 0 saturated carbocycles. The van der Waals surface area contributed by atoms with Crippen molar-refractivity contribution in [1.82, 2.24) is 14.9 Å². The molecule has 0 fully saturated rings. The second-order valence-corrected chi connectivity index (χ2v) is 8.36. The number of carbonyl (C=O) groups excluding carboxylic acids is 2. The van der Waals surface area contributed by atoms with Gasteiger partial charge in [0.05, 0.1) is 10.3 Å². The zero-order valence-electron chi connectivity index (χ0n) is 16.8. The highest BCUT2D eigenvalue weighted by Crippen LogP contribution is 2.28. The maximum Gasteiger partial charge on any atom is 0.325 e. The SMILES string of the molecule is Cc1c(C(=O)NCC(=O)OCc2ccccc2)sc2nc3n(c(=O)c12)CCCCC3. The van der Waals surface area contributed by atoms with Crippen LogP contribution in [-0.2, 0) is 29.1 Å². The molecular formula is C22H23N3O4S. The minimum absolute atomic E-state index is 0.0769. The molecule has 7 nitrogen and oxygen atoms in total. The number of hydrogen-bond donors (Lipinski definition) is 1. The Labute approximate surface area is 177 Å². The molecule has 0 aliphatic carbocycles. The highest BCUT2D eigenvalue weighted by atomic mass is 32.1. The predicted molar refractivity (Wildman–Crippen MR) is 115 cm³/mol. The van der Waals surface area contributed by atoms with Gasteiger partial charge in [-0.1, -0.05) is 36.8 Å². The van der Waals surface area contributed by atoms with Crippen molar-refractivity contribution in [3.63, 3.8) is 0 Å². The van der Waals surface area contributed by atoms with Crippen molar-refractivity contribution in [2.45, 2.75) is 45.8 Å². The van der Waals surface area contributed by atoms with Crippen LogP contribution >= 0.6 is 11.3 Å². The lowest BCUT2D eigenvalue weighted by molar-refractivity contribution is -0.143. The summed E-state index contributed by atoms with van der Waals surface area (Å²) in [5.41, 5.74) is 1.41. The van der Waals surface area contributed by atoms with Crippen LogP contribution in [0.5, 0.6) is 0 Å². The van der Waals surface area contributed by atoms with Crippen LogP contribution in [0.15, 0.2) is 35.1 Å². The van der Waals surface area contributed by atoms with Crippen molar-refractivity contribution in [2.24, 2.45) is 0 Å². The number of aromatic nitrogens is 2. The van der Waals surface area contributed by atoms with Crippen molar-refractivity contribution in [1.29, 1.82) is 0 Å². The summed E-state index contributed by atoms with van der Waals surface area (Å²) >= 11 is 1.20. The first-order chi connectivity index (χ1) is 14.5. The van der Waals surface area contributed by atoms with Crippen LogP contribution in [0.2, 0.25) is 0 Å². The van der Waals surface area contributed by atoms with Gasteiger partial charge in [-0.25, -0.2) is 4.98 Å².